The maximum absolute atomic E-state index is 9.57. The summed E-state index contributed by atoms with van der Waals surface area (Å²) in [5, 5.41) is 18.7. The third-order valence-electron chi connectivity index (χ3n) is 7.35. The molecule has 0 aromatic carbocycles. The molecule has 2 fully saturated rings. The van der Waals surface area contributed by atoms with E-state index in [4.69, 9.17) is 9.84 Å². The normalized spacial score (nSPS) is 17.5. The van der Waals surface area contributed by atoms with Gasteiger partial charge in [0.05, 0.1) is 24.4 Å². The number of hydrogen-bond donors (Lipinski definition) is 1. The van der Waals surface area contributed by atoms with E-state index in [1.165, 1.54) is 12.8 Å². The molecule has 1 N–H and O–H groups in total. The predicted octanol–water partition coefficient (Wildman–Crippen LogP) is 4.55. The second-order valence-electron chi connectivity index (χ2n) is 11.2. The summed E-state index contributed by atoms with van der Waals surface area (Å²) in [5.74, 6) is 0. The second-order valence-corrected chi connectivity index (χ2v) is 16.8. The van der Waals surface area contributed by atoms with Crippen LogP contribution in [-0.2, 0) is 17.0 Å². The highest BCUT2D eigenvalue weighted by molar-refractivity contribution is 6.76. The Labute approximate surface area is 244 Å². The smallest absolute Gasteiger partial charge is 0.145 e. The van der Waals surface area contributed by atoms with Crippen molar-refractivity contribution in [1.29, 1.82) is 5.26 Å². The molecule has 2 aliphatic heterocycles. The Kier molecular flexibility index (Phi) is 11.6. The minimum atomic E-state index is -1.11. The maximum Gasteiger partial charge on any atom is 0.145 e. The topological polar surface area (TPSA) is 96.8 Å². The van der Waals surface area contributed by atoms with E-state index in [0.717, 1.165) is 61.1 Å². The first kappa shape index (κ1) is 32.5. The van der Waals surface area contributed by atoms with Crippen molar-refractivity contribution >= 4 is 56.3 Å². The Morgan fingerprint density at radius 2 is 1.89 bits per heavy atom. The van der Waals surface area contributed by atoms with Crippen molar-refractivity contribution in [1.82, 2.24) is 34.5 Å². The first-order chi connectivity index (χ1) is 16.9. The molecule has 5 heterocycles. The molecule has 210 valence electrons. The summed E-state index contributed by atoms with van der Waals surface area (Å²) in [5.41, 5.74) is 2.42. The van der Waals surface area contributed by atoms with E-state index in [-0.39, 0.29) is 42.8 Å². The molecule has 0 radical (unpaired) electrons. The van der Waals surface area contributed by atoms with E-state index in [9.17, 15) is 5.26 Å². The van der Waals surface area contributed by atoms with Gasteiger partial charge in [-0.2, -0.15) is 10.4 Å². The third kappa shape index (κ3) is 6.88. The van der Waals surface area contributed by atoms with Crippen LogP contribution in [0.5, 0.6) is 0 Å². The maximum atomic E-state index is 9.57. The Balaban J connectivity index is 0.00000169. The predicted molar refractivity (Wildman–Crippen MR) is 160 cm³/mol. The minimum Gasteiger partial charge on any atom is -0.361 e. The average Bonchev–Trinajstić information content (AvgIpc) is 3.47. The zero-order valence-corrected chi connectivity index (χ0v) is 25.7. The lowest BCUT2D eigenvalue weighted by Crippen LogP contribution is -2.66. The number of piperidine rings is 1. The zero-order chi connectivity index (χ0) is 24.5. The van der Waals surface area contributed by atoms with Crippen LogP contribution in [-0.4, -0.2) is 76.1 Å². The molecule has 2 aliphatic rings. The van der Waals surface area contributed by atoms with Gasteiger partial charge in [-0.3, -0.25) is 9.58 Å². The van der Waals surface area contributed by atoms with Crippen molar-refractivity contribution < 1.29 is 4.74 Å². The van der Waals surface area contributed by atoms with Crippen LogP contribution in [0.1, 0.15) is 19.3 Å². The molecule has 0 atom stereocenters. The first-order valence-corrected chi connectivity index (χ1v) is 16.3. The van der Waals surface area contributed by atoms with E-state index < -0.39 is 8.07 Å². The van der Waals surface area contributed by atoms with Gasteiger partial charge in [0.2, 0.25) is 0 Å². The lowest BCUT2D eigenvalue weighted by atomic mass is 9.84. The second kappa shape index (κ2) is 13.6. The summed E-state index contributed by atoms with van der Waals surface area (Å²) in [7, 11) is -1.11. The van der Waals surface area contributed by atoms with Crippen molar-refractivity contribution in [3.63, 3.8) is 0 Å². The number of nitrogens with zero attached hydrogens (tertiary/aromatic N) is 7. The SMILES string of the molecule is C[Si](C)(C)CCOCn1ccc2c(-c3cnn(C4(CC#N)CN(C5CCNCC5)C4)c3)ncnc21.Cl.Cl.Cl. The summed E-state index contributed by atoms with van der Waals surface area (Å²) in [6.07, 6.45) is 10.4. The number of nitrogens with one attached hydrogen (secondary N) is 1. The first-order valence-electron chi connectivity index (χ1n) is 12.6. The highest BCUT2D eigenvalue weighted by Crippen LogP contribution is 2.36. The van der Waals surface area contributed by atoms with Crippen LogP contribution in [0.3, 0.4) is 0 Å². The quantitative estimate of drug-likeness (QED) is 0.284. The van der Waals surface area contributed by atoms with Crippen molar-refractivity contribution in [3.8, 4) is 17.3 Å². The third-order valence-corrected chi connectivity index (χ3v) is 9.06. The number of hydrogen-bond acceptors (Lipinski definition) is 7. The van der Waals surface area contributed by atoms with E-state index in [1.54, 1.807) is 6.33 Å². The lowest BCUT2D eigenvalue weighted by molar-refractivity contribution is -0.0339. The number of fused-ring (bicyclic) bond motifs is 1. The van der Waals surface area contributed by atoms with Gasteiger partial charge < -0.3 is 14.6 Å². The van der Waals surface area contributed by atoms with Crippen molar-refractivity contribution in [3.05, 3.63) is 31.0 Å². The number of halogens is 3. The number of likely N-dealkylation sites (tertiary alicyclic amines) is 1. The molecule has 0 bridgehead atoms. The van der Waals surface area contributed by atoms with E-state index in [1.807, 2.05) is 21.6 Å². The fraction of sp³-hybridized carbons (Fsp3) is 0.600. The van der Waals surface area contributed by atoms with Crippen LogP contribution in [0.4, 0.5) is 0 Å². The summed E-state index contributed by atoms with van der Waals surface area (Å²) in [6, 6.07) is 6.21. The molecule has 0 aliphatic carbocycles. The van der Waals surface area contributed by atoms with Crippen molar-refractivity contribution in [2.45, 2.75) is 63.3 Å². The average molecular weight is 602 g/mol. The van der Waals surface area contributed by atoms with Gasteiger partial charge in [0.15, 0.2) is 0 Å². The van der Waals surface area contributed by atoms with Crippen LogP contribution in [0.15, 0.2) is 31.0 Å². The number of rotatable bonds is 9. The number of aromatic nitrogens is 5. The lowest BCUT2D eigenvalue weighted by Gasteiger charge is -2.53. The molecule has 0 amide bonds. The van der Waals surface area contributed by atoms with Crippen molar-refractivity contribution in [2.75, 3.05) is 32.8 Å². The largest absolute Gasteiger partial charge is 0.361 e. The van der Waals surface area contributed by atoms with Crippen LogP contribution >= 0.6 is 37.2 Å². The minimum absolute atomic E-state index is 0. The van der Waals surface area contributed by atoms with E-state index in [0.29, 0.717) is 19.2 Å². The molecule has 0 unspecified atom stereocenters. The Morgan fingerprint density at radius 1 is 1.16 bits per heavy atom. The standard InChI is InChI=1S/C25H36N8OSi.3ClH/c1-35(2,3)13-12-34-19-31-11-6-22-23(28-18-29-24(22)31)20-14-30-33(15-20)25(7-8-26)16-32(17-25)21-4-9-27-10-5-21;;;/h6,11,14-15,18,21,27H,4-5,7,9-10,12-13,16-17,19H2,1-3H3;3*1H. The van der Waals surface area contributed by atoms with E-state index >= 15 is 0 Å². The molecular formula is C25H39Cl3N8OSi. The summed E-state index contributed by atoms with van der Waals surface area (Å²) < 4.78 is 9.99. The molecule has 0 saturated carbocycles. The monoisotopic (exact) mass is 600 g/mol. The number of ether oxygens (including phenoxy) is 1. The fourth-order valence-electron chi connectivity index (χ4n) is 5.21. The zero-order valence-electron chi connectivity index (χ0n) is 22.3. The highest BCUT2D eigenvalue weighted by Gasteiger charge is 2.47. The van der Waals surface area contributed by atoms with Crippen LogP contribution in [0.25, 0.3) is 22.3 Å². The van der Waals surface area contributed by atoms with Crippen LogP contribution < -0.4 is 5.32 Å². The van der Waals surface area contributed by atoms with Gasteiger partial charge in [0.1, 0.15) is 24.2 Å². The van der Waals surface area contributed by atoms with Crippen LogP contribution in [0.2, 0.25) is 25.7 Å². The summed E-state index contributed by atoms with van der Waals surface area (Å²) in [4.78, 5) is 11.6. The Hall–Kier alpha value is -1.71. The molecule has 9 nitrogen and oxygen atoms in total. The van der Waals surface area contributed by atoms with Gasteiger partial charge in [-0.25, -0.2) is 9.97 Å². The molecule has 5 rings (SSSR count). The molecule has 13 heteroatoms. The van der Waals surface area contributed by atoms with Gasteiger partial charge in [-0.05, 0) is 38.0 Å². The molecule has 2 saturated heterocycles. The number of nitriles is 1. The molecule has 38 heavy (non-hydrogen) atoms. The van der Waals surface area contributed by atoms with Gasteiger partial charge in [0, 0.05) is 57.2 Å². The van der Waals surface area contributed by atoms with Crippen molar-refractivity contribution in [2.24, 2.45) is 0 Å². The van der Waals surface area contributed by atoms with Gasteiger partial charge in [-0.1, -0.05) is 19.6 Å². The molecular weight excluding hydrogens is 563 g/mol. The molecule has 3 aromatic rings. The Bertz CT molecular complexity index is 1210. The van der Waals surface area contributed by atoms with Gasteiger partial charge in [0.25, 0.3) is 0 Å². The van der Waals surface area contributed by atoms with Gasteiger partial charge in [-0.15, -0.1) is 37.2 Å². The van der Waals surface area contributed by atoms with Crippen LogP contribution in [0, 0.1) is 11.3 Å². The Morgan fingerprint density at radius 3 is 2.58 bits per heavy atom. The fourth-order valence-corrected chi connectivity index (χ4v) is 5.97. The molecule has 0 spiro atoms. The summed E-state index contributed by atoms with van der Waals surface area (Å²) >= 11 is 0. The summed E-state index contributed by atoms with van der Waals surface area (Å²) in [6.45, 7) is 12.2. The van der Waals surface area contributed by atoms with E-state index in [2.05, 4.69) is 58.2 Å². The highest BCUT2D eigenvalue weighted by atomic mass is 35.5. The van der Waals surface area contributed by atoms with Gasteiger partial charge >= 0.3 is 0 Å². The molecule has 3 aromatic heterocycles.